The molecule has 0 amide bonds. The molecule has 0 aliphatic rings. The van der Waals surface area contributed by atoms with Crippen molar-refractivity contribution in [3.63, 3.8) is 0 Å². The molecule has 0 bridgehead atoms. The number of aliphatic hydroxyl groups is 1. The number of hydrogen-bond donors (Lipinski definition) is 1. The smallest absolute Gasteiger partial charge is 0.306 e. The van der Waals surface area contributed by atoms with Crippen molar-refractivity contribution in [2.75, 3.05) is 13.2 Å². The minimum Gasteiger partial charge on any atom is -0.462 e. The monoisotopic (exact) mass is 693 g/mol. The van der Waals surface area contributed by atoms with Gasteiger partial charge in [0.1, 0.15) is 6.61 Å². The summed E-state index contributed by atoms with van der Waals surface area (Å²) in [5.74, 6) is -0.588. The summed E-state index contributed by atoms with van der Waals surface area (Å²) in [6, 6.07) is 0. The normalized spacial score (nSPS) is 12.1. The number of unbranched alkanes of at least 4 members (excludes halogenated alkanes) is 30. The van der Waals surface area contributed by atoms with Crippen molar-refractivity contribution in [1.29, 1.82) is 0 Å². The molecule has 0 aromatic rings. The van der Waals surface area contributed by atoms with E-state index in [-0.39, 0.29) is 25.2 Å². The number of hydrogen-bond acceptors (Lipinski definition) is 5. The summed E-state index contributed by atoms with van der Waals surface area (Å²) in [4.78, 5) is 24.3. The number of ether oxygens (including phenoxy) is 2. The first-order chi connectivity index (χ1) is 24.1. The zero-order valence-corrected chi connectivity index (χ0v) is 33.0. The van der Waals surface area contributed by atoms with Crippen LogP contribution in [-0.2, 0) is 19.1 Å². The van der Waals surface area contributed by atoms with Crippen molar-refractivity contribution < 1.29 is 24.2 Å². The van der Waals surface area contributed by atoms with Gasteiger partial charge >= 0.3 is 11.9 Å². The van der Waals surface area contributed by atoms with Gasteiger partial charge in [0.05, 0.1) is 6.61 Å². The van der Waals surface area contributed by atoms with Gasteiger partial charge in [-0.25, -0.2) is 0 Å². The first-order valence-electron chi connectivity index (χ1n) is 21.7. The highest BCUT2D eigenvalue weighted by molar-refractivity contribution is 5.70. The van der Waals surface area contributed by atoms with E-state index in [0.29, 0.717) is 12.8 Å². The van der Waals surface area contributed by atoms with Crippen LogP contribution in [-0.4, -0.2) is 36.4 Å². The number of carbonyl (C=O) groups is 2. The Kier molecular flexibility index (Phi) is 39.9. The van der Waals surface area contributed by atoms with Crippen molar-refractivity contribution >= 4 is 11.9 Å². The fourth-order valence-electron chi connectivity index (χ4n) is 6.49. The van der Waals surface area contributed by atoms with E-state index in [2.05, 4.69) is 26.0 Å². The highest BCUT2D eigenvalue weighted by atomic mass is 16.6. The molecular weight excluding hydrogens is 608 g/mol. The highest BCUT2D eigenvalue weighted by Gasteiger charge is 2.16. The van der Waals surface area contributed by atoms with Crippen LogP contribution in [0.3, 0.4) is 0 Å². The Morgan fingerprint density at radius 2 is 0.755 bits per heavy atom. The molecule has 0 aromatic carbocycles. The van der Waals surface area contributed by atoms with Crippen molar-refractivity contribution in [1.82, 2.24) is 0 Å². The Morgan fingerprint density at radius 3 is 1.12 bits per heavy atom. The van der Waals surface area contributed by atoms with Gasteiger partial charge in [-0.05, 0) is 38.5 Å². The van der Waals surface area contributed by atoms with Crippen LogP contribution in [0.4, 0.5) is 0 Å². The molecule has 5 nitrogen and oxygen atoms in total. The molecule has 0 heterocycles. The standard InChI is InChI=1S/C44H84O5/c1-3-5-7-9-11-13-15-17-18-19-20-21-22-23-24-25-27-28-30-32-34-36-38-43(46)48-41-42(40-45)49-44(47)39-37-35-33-31-29-26-16-14-12-10-8-6-4-2/h14,16,42,45H,3-13,15,17-41H2,1-2H3/b16-14+/t42-/m0/s1. The first kappa shape index (κ1) is 47.6. The number of allylic oxidation sites excluding steroid dienone is 2. The maximum atomic E-state index is 12.2. The Morgan fingerprint density at radius 1 is 0.449 bits per heavy atom. The lowest BCUT2D eigenvalue weighted by molar-refractivity contribution is -0.161. The zero-order chi connectivity index (χ0) is 35.7. The summed E-state index contributed by atoms with van der Waals surface area (Å²) in [6.07, 6.45) is 47.2. The first-order valence-corrected chi connectivity index (χ1v) is 21.7. The molecule has 49 heavy (non-hydrogen) atoms. The van der Waals surface area contributed by atoms with Crippen LogP contribution in [0.1, 0.15) is 239 Å². The van der Waals surface area contributed by atoms with Gasteiger partial charge in [-0.3, -0.25) is 9.59 Å². The lowest BCUT2D eigenvalue weighted by atomic mass is 10.0. The van der Waals surface area contributed by atoms with Crippen LogP contribution in [0.5, 0.6) is 0 Å². The molecule has 0 fully saturated rings. The second-order valence-corrected chi connectivity index (χ2v) is 14.8. The molecule has 0 spiro atoms. The lowest BCUT2D eigenvalue weighted by Gasteiger charge is -2.15. The van der Waals surface area contributed by atoms with E-state index in [9.17, 15) is 14.7 Å². The third kappa shape index (κ3) is 39.3. The van der Waals surface area contributed by atoms with Crippen molar-refractivity contribution in [3.05, 3.63) is 12.2 Å². The van der Waals surface area contributed by atoms with E-state index < -0.39 is 6.10 Å². The highest BCUT2D eigenvalue weighted by Crippen LogP contribution is 2.16. The van der Waals surface area contributed by atoms with E-state index in [4.69, 9.17) is 9.47 Å². The van der Waals surface area contributed by atoms with Gasteiger partial charge in [0.25, 0.3) is 0 Å². The van der Waals surface area contributed by atoms with Crippen molar-refractivity contribution in [2.24, 2.45) is 0 Å². The quantitative estimate of drug-likeness (QED) is 0.0393. The average molecular weight is 693 g/mol. The number of carbonyl (C=O) groups excluding carboxylic acids is 2. The average Bonchev–Trinajstić information content (AvgIpc) is 3.10. The van der Waals surface area contributed by atoms with Gasteiger partial charge in [-0.15, -0.1) is 0 Å². The molecule has 290 valence electrons. The number of aliphatic hydroxyl groups excluding tert-OH is 1. The Balaban J connectivity index is 3.46. The fourth-order valence-corrected chi connectivity index (χ4v) is 6.49. The minimum atomic E-state index is -0.769. The molecule has 0 rings (SSSR count). The summed E-state index contributed by atoms with van der Waals surface area (Å²) in [6.45, 7) is 4.14. The number of rotatable bonds is 40. The molecule has 0 radical (unpaired) electrons. The predicted octanol–water partition coefficient (Wildman–Crippen LogP) is 13.7. The summed E-state index contributed by atoms with van der Waals surface area (Å²) >= 11 is 0. The van der Waals surface area contributed by atoms with E-state index in [0.717, 1.165) is 38.5 Å². The van der Waals surface area contributed by atoms with Gasteiger partial charge in [-0.2, -0.15) is 0 Å². The van der Waals surface area contributed by atoms with Crippen molar-refractivity contribution in [3.8, 4) is 0 Å². The maximum Gasteiger partial charge on any atom is 0.306 e. The topological polar surface area (TPSA) is 72.8 Å². The molecule has 1 N–H and O–H groups in total. The molecule has 0 aromatic heterocycles. The maximum absolute atomic E-state index is 12.2. The van der Waals surface area contributed by atoms with Gasteiger partial charge in [-0.1, -0.05) is 199 Å². The molecule has 5 heteroatoms. The predicted molar refractivity (Wildman–Crippen MR) is 210 cm³/mol. The van der Waals surface area contributed by atoms with Gasteiger partial charge in [0, 0.05) is 12.8 Å². The van der Waals surface area contributed by atoms with E-state index >= 15 is 0 Å². The van der Waals surface area contributed by atoms with Gasteiger partial charge in [0.15, 0.2) is 6.10 Å². The lowest BCUT2D eigenvalue weighted by Crippen LogP contribution is -2.28. The summed E-state index contributed by atoms with van der Waals surface area (Å²) < 4.78 is 10.6. The minimum absolute atomic E-state index is 0.0630. The molecule has 0 saturated heterocycles. The summed E-state index contributed by atoms with van der Waals surface area (Å²) in [5.41, 5.74) is 0. The van der Waals surface area contributed by atoms with Crippen molar-refractivity contribution in [2.45, 2.75) is 245 Å². The van der Waals surface area contributed by atoms with Crippen LogP contribution in [0.25, 0.3) is 0 Å². The van der Waals surface area contributed by atoms with Crippen LogP contribution in [0.15, 0.2) is 12.2 Å². The second-order valence-electron chi connectivity index (χ2n) is 14.8. The third-order valence-corrected chi connectivity index (χ3v) is 9.81. The Bertz CT molecular complexity index is 705. The SMILES string of the molecule is CCCCCC/C=C/CCCCCCCC(=O)O[C@@H](CO)COC(=O)CCCCCCCCCCCCCCCCCCCCCCCC. The van der Waals surface area contributed by atoms with Gasteiger partial charge < -0.3 is 14.6 Å². The number of esters is 2. The molecule has 0 aliphatic heterocycles. The summed E-state index contributed by atoms with van der Waals surface area (Å²) in [7, 11) is 0. The van der Waals surface area contributed by atoms with Crippen LogP contribution in [0.2, 0.25) is 0 Å². The molecule has 0 unspecified atom stereocenters. The fraction of sp³-hybridized carbons (Fsp3) is 0.909. The molecule has 1 atom stereocenters. The van der Waals surface area contributed by atoms with Crippen LogP contribution >= 0.6 is 0 Å². The zero-order valence-electron chi connectivity index (χ0n) is 33.0. The Hall–Kier alpha value is -1.36. The second kappa shape index (κ2) is 41.1. The molecular formula is C44H84O5. The van der Waals surface area contributed by atoms with E-state index in [1.807, 2.05) is 0 Å². The molecule has 0 saturated carbocycles. The van der Waals surface area contributed by atoms with Crippen LogP contribution in [0, 0.1) is 0 Å². The van der Waals surface area contributed by atoms with E-state index in [1.54, 1.807) is 0 Å². The molecule has 0 aliphatic carbocycles. The van der Waals surface area contributed by atoms with Gasteiger partial charge in [0.2, 0.25) is 0 Å². The largest absolute Gasteiger partial charge is 0.462 e. The van der Waals surface area contributed by atoms with Crippen LogP contribution < -0.4 is 0 Å². The van der Waals surface area contributed by atoms with E-state index in [1.165, 1.54) is 173 Å². The third-order valence-electron chi connectivity index (χ3n) is 9.81. The Labute approximate surface area is 305 Å². The summed E-state index contributed by atoms with van der Waals surface area (Å²) in [5, 5.41) is 9.56.